The fraction of sp³-hybridized carbons (Fsp3) is 1.00. The van der Waals surface area contributed by atoms with E-state index in [0.29, 0.717) is 17.2 Å². The van der Waals surface area contributed by atoms with E-state index in [1.54, 1.807) is 0 Å². The van der Waals surface area contributed by atoms with E-state index in [4.69, 9.17) is 0 Å². The summed E-state index contributed by atoms with van der Waals surface area (Å²) in [5.41, 5.74) is 0.366. The molecule has 1 fully saturated rings. The maximum absolute atomic E-state index is 11.3. The summed E-state index contributed by atoms with van der Waals surface area (Å²) < 4.78 is 22.5. The molecule has 3 nitrogen and oxygen atoms in total. The van der Waals surface area contributed by atoms with E-state index in [0.717, 1.165) is 25.8 Å². The molecule has 1 saturated carbocycles. The summed E-state index contributed by atoms with van der Waals surface area (Å²) >= 11 is 0. The first-order valence-corrected chi connectivity index (χ1v) is 9.84. The molecule has 0 aromatic rings. The monoisotopic (exact) mass is 289 g/mol. The molecule has 0 heterocycles. The number of rotatable bonds is 8. The summed E-state index contributed by atoms with van der Waals surface area (Å²) in [6, 6.07) is 0.481. The van der Waals surface area contributed by atoms with Gasteiger partial charge >= 0.3 is 0 Å². The summed E-state index contributed by atoms with van der Waals surface area (Å²) in [6.45, 7) is 5.61. The van der Waals surface area contributed by atoms with Crippen LogP contribution in [0.5, 0.6) is 0 Å². The summed E-state index contributed by atoms with van der Waals surface area (Å²) in [5, 5.41) is 3.67. The molecule has 0 bridgehead atoms. The highest BCUT2D eigenvalue weighted by Gasteiger charge is 2.34. The maximum atomic E-state index is 11.3. The van der Waals surface area contributed by atoms with Crippen molar-refractivity contribution in [2.45, 2.75) is 71.3 Å². The molecular weight excluding hydrogens is 258 g/mol. The lowest BCUT2D eigenvalue weighted by molar-refractivity contribution is 0.137. The molecule has 0 saturated heterocycles. The van der Waals surface area contributed by atoms with E-state index in [1.807, 2.05) is 0 Å². The molecule has 4 heteroatoms. The summed E-state index contributed by atoms with van der Waals surface area (Å²) in [4.78, 5) is 0. The lowest BCUT2D eigenvalue weighted by Gasteiger charge is -2.41. The normalized spacial score (nSPS) is 21.2. The fourth-order valence-corrected chi connectivity index (χ4v) is 3.96. The van der Waals surface area contributed by atoms with Crippen LogP contribution >= 0.6 is 0 Å². The summed E-state index contributed by atoms with van der Waals surface area (Å²) in [7, 11) is -2.82. The first kappa shape index (κ1) is 17.0. The predicted octanol–water partition coefficient (Wildman–Crippen LogP) is 3.15. The lowest BCUT2D eigenvalue weighted by Crippen LogP contribution is -2.45. The van der Waals surface area contributed by atoms with Crippen LogP contribution in [0.1, 0.15) is 65.2 Å². The van der Waals surface area contributed by atoms with Gasteiger partial charge in [-0.2, -0.15) is 0 Å². The number of hydrogen-bond acceptors (Lipinski definition) is 3. The van der Waals surface area contributed by atoms with Crippen molar-refractivity contribution < 1.29 is 8.42 Å². The Balaban J connectivity index is 2.54. The predicted molar refractivity (Wildman–Crippen MR) is 82.2 cm³/mol. The van der Waals surface area contributed by atoms with Gasteiger partial charge in [-0.15, -0.1) is 0 Å². The van der Waals surface area contributed by atoms with Gasteiger partial charge in [0.05, 0.1) is 0 Å². The van der Waals surface area contributed by atoms with Gasteiger partial charge in [-0.25, -0.2) is 8.42 Å². The molecule has 0 radical (unpaired) electrons. The molecule has 1 aliphatic rings. The van der Waals surface area contributed by atoms with Gasteiger partial charge in [-0.3, -0.25) is 0 Å². The van der Waals surface area contributed by atoms with Gasteiger partial charge in [0, 0.05) is 18.1 Å². The molecule has 1 aliphatic carbocycles. The van der Waals surface area contributed by atoms with Crippen molar-refractivity contribution in [2.24, 2.45) is 5.41 Å². The van der Waals surface area contributed by atoms with Crippen molar-refractivity contribution in [3.05, 3.63) is 0 Å². The van der Waals surface area contributed by atoms with Gasteiger partial charge in [0.2, 0.25) is 0 Å². The van der Waals surface area contributed by atoms with Crippen molar-refractivity contribution >= 4 is 9.84 Å². The number of sulfone groups is 1. The second-order valence-electron chi connectivity index (χ2n) is 6.49. The van der Waals surface area contributed by atoms with Gasteiger partial charge in [0.1, 0.15) is 9.84 Å². The highest BCUT2D eigenvalue weighted by atomic mass is 32.2. The van der Waals surface area contributed by atoms with Crippen LogP contribution in [0.25, 0.3) is 0 Å². The van der Waals surface area contributed by atoms with E-state index in [2.05, 4.69) is 19.2 Å². The van der Waals surface area contributed by atoms with Crippen molar-refractivity contribution in [3.8, 4) is 0 Å². The summed E-state index contributed by atoms with van der Waals surface area (Å²) in [6.07, 6.45) is 10.8. The van der Waals surface area contributed by atoms with Gasteiger partial charge in [-0.05, 0) is 44.1 Å². The van der Waals surface area contributed by atoms with Gasteiger partial charge in [0.15, 0.2) is 0 Å². The van der Waals surface area contributed by atoms with Crippen LogP contribution < -0.4 is 5.32 Å². The molecule has 0 aliphatic heterocycles. The van der Waals surface area contributed by atoms with Crippen LogP contribution in [0, 0.1) is 5.41 Å². The quantitative estimate of drug-likeness (QED) is 0.746. The second kappa shape index (κ2) is 7.63. The van der Waals surface area contributed by atoms with Gasteiger partial charge < -0.3 is 5.32 Å². The largest absolute Gasteiger partial charge is 0.313 e. The minimum Gasteiger partial charge on any atom is -0.313 e. The van der Waals surface area contributed by atoms with Crippen LogP contribution in [-0.2, 0) is 9.84 Å². The zero-order chi connectivity index (χ0) is 14.4. The molecule has 1 rings (SSSR count). The third kappa shape index (κ3) is 6.26. The third-order valence-corrected chi connectivity index (χ3v) is 5.52. The minimum atomic E-state index is -2.82. The van der Waals surface area contributed by atoms with Crippen molar-refractivity contribution in [1.29, 1.82) is 0 Å². The van der Waals surface area contributed by atoms with Crippen LogP contribution in [0.3, 0.4) is 0 Å². The third-order valence-electron chi connectivity index (χ3n) is 4.49. The van der Waals surface area contributed by atoms with Crippen molar-refractivity contribution in [2.75, 3.05) is 18.6 Å². The Morgan fingerprint density at radius 3 is 2.37 bits per heavy atom. The maximum Gasteiger partial charge on any atom is 0.147 e. The highest BCUT2D eigenvalue weighted by Crippen LogP contribution is 2.40. The zero-order valence-corrected chi connectivity index (χ0v) is 13.7. The van der Waals surface area contributed by atoms with Crippen LogP contribution in [0.15, 0.2) is 0 Å². The first-order chi connectivity index (χ1) is 8.87. The molecule has 0 aromatic heterocycles. The van der Waals surface area contributed by atoms with Crippen LogP contribution in [0.4, 0.5) is 0 Å². The molecule has 1 atom stereocenters. The highest BCUT2D eigenvalue weighted by molar-refractivity contribution is 7.90. The Hall–Kier alpha value is -0.0900. The Morgan fingerprint density at radius 2 is 1.84 bits per heavy atom. The lowest BCUT2D eigenvalue weighted by atomic mass is 9.69. The molecule has 0 spiro atoms. The zero-order valence-electron chi connectivity index (χ0n) is 12.9. The molecule has 1 N–H and O–H groups in total. The molecule has 19 heavy (non-hydrogen) atoms. The van der Waals surface area contributed by atoms with E-state index in [1.165, 1.54) is 38.4 Å². The molecule has 0 amide bonds. The van der Waals surface area contributed by atoms with Crippen molar-refractivity contribution in [1.82, 2.24) is 5.32 Å². The number of hydrogen-bond donors (Lipinski definition) is 1. The Kier molecular flexibility index (Phi) is 6.81. The second-order valence-corrected chi connectivity index (χ2v) is 8.75. The van der Waals surface area contributed by atoms with E-state index < -0.39 is 9.84 Å². The fourth-order valence-electron chi connectivity index (χ4n) is 3.27. The number of nitrogens with one attached hydrogen (secondary N) is 1. The van der Waals surface area contributed by atoms with Crippen LogP contribution in [-0.4, -0.2) is 33.0 Å². The molecule has 1 unspecified atom stereocenters. The van der Waals surface area contributed by atoms with Gasteiger partial charge in [-0.1, -0.05) is 33.1 Å². The Labute approximate surface area is 119 Å². The standard InChI is InChI=1S/C15H31NO2S/c1-4-12-16-14(9-8-13-19(3,17)18)15(2)10-6-5-7-11-15/h14,16H,4-13H2,1-3H3. The van der Waals surface area contributed by atoms with Gasteiger partial charge in [0.25, 0.3) is 0 Å². The summed E-state index contributed by atoms with van der Waals surface area (Å²) in [5.74, 6) is 0.327. The smallest absolute Gasteiger partial charge is 0.147 e. The Bertz CT molecular complexity index is 345. The average molecular weight is 289 g/mol. The topological polar surface area (TPSA) is 46.2 Å². The van der Waals surface area contributed by atoms with Crippen molar-refractivity contribution in [3.63, 3.8) is 0 Å². The average Bonchev–Trinajstić information content (AvgIpc) is 2.33. The van der Waals surface area contributed by atoms with Crippen LogP contribution in [0.2, 0.25) is 0 Å². The Morgan fingerprint density at radius 1 is 1.21 bits per heavy atom. The SMILES string of the molecule is CCCNC(CCCS(C)(=O)=O)C1(C)CCCCC1. The first-order valence-electron chi connectivity index (χ1n) is 7.78. The van der Waals surface area contributed by atoms with E-state index in [9.17, 15) is 8.42 Å². The minimum absolute atomic E-state index is 0.327. The van der Waals surface area contributed by atoms with E-state index >= 15 is 0 Å². The molecular formula is C15H31NO2S. The molecule has 0 aromatic carbocycles. The molecule has 114 valence electrons. The van der Waals surface area contributed by atoms with E-state index in [-0.39, 0.29) is 0 Å².